The Bertz CT molecular complexity index is 1070. The topological polar surface area (TPSA) is 49.4 Å². The Balaban J connectivity index is 1.81. The molecule has 0 heterocycles. The number of fused-ring (bicyclic) bond motifs is 1. The van der Waals surface area contributed by atoms with E-state index in [1.54, 1.807) is 4.90 Å². The van der Waals surface area contributed by atoms with Crippen LogP contribution in [0.3, 0.4) is 0 Å². The van der Waals surface area contributed by atoms with E-state index in [1.807, 2.05) is 49.4 Å². The van der Waals surface area contributed by atoms with Gasteiger partial charge in [-0.2, -0.15) is 0 Å². The van der Waals surface area contributed by atoms with Crippen molar-refractivity contribution in [3.63, 3.8) is 0 Å². The van der Waals surface area contributed by atoms with Gasteiger partial charge in [0.15, 0.2) is 0 Å². The Morgan fingerprint density at radius 3 is 2.36 bits per heavy atom. The summed E-state index contributed by atoms with van der Waals surface area (Å²) in [6, 6.07) is 21.3. The summed E-state index contributed by atoms with van der Waals surface area (Å²) in [5.74, 6) is 0.223. The summed E-state index contributed by atoms with van der Waals surface area (Å²) >= 11 is 6.04. The van der Waals surface area contributed by atoms with Crippen LogP contribution in [0, 0.1) is 5.92 Å². The predicted molar refractivity (Wildman–Crippen MR) is 136 cm³/mol. The standard InChI is InChI=1S/C28H33ClN2O2/c1-4-26(28(33)30-18-20(2)3)31(19-21-12-15-24(29)16-13-21)27(32)17-14-23-10-7-9-22-8-5-6-11-25(22)23/h5-13,15-16,20,26H,4,14,17-19H2,1-3H3,(H,30,33). The van der Waals surface area contributed by atoms with Crippen LogP contribution in [0.5, 0.6) is 0 Å². The lowest BCUT2D eigenvalue weighted by Gasteiger charge is -2.31. The third kappa shape index (κ3) is 6.82. The highest BCUT2D eigenvalue weighted by atomic mass is 35.5. The fraction of sp³-hybridized carbons (Fsp3) is 0.357. The zero-order valence-electron chi connectivity index (χ0n) is 19.7. The molecular formula is C28H33ClN2O2. The van der Waals surface area contributed by atoms with E-state index in [4.69, 9.17) is 11.6 Å². The second-order valence-corrected chi connectivity index (χ2v) is 9.29. The molecule has 0 bridgehead atoms. The summed E-state index contributed by atoms with van der Waals surface area (Å²) in [5, 5.41) is 5.99. The molecule has 1 N–H and O–H groups in total. The SMILES string of the molecule is CCC(C(=O)NCC(C)C)N(Cc1ccc(Cl)cc1)C(=O)CCc1cccc2ccccc12. The molecule has 0 aromatic heterocycles. The smallest absolute Gasteiger partial charge is 0.242 e. The van der Waals surface area contributed by atoms with Crippen LogP contribution >= 0.6 is 11.6 Å². The van der Waals surface area contributed by atoms with Gasteiger partial charge in [0.25, 0.3) is 0 Å². The molecule has 3 aromatic rings. The normalized spacial score (nSPS) is 12.0. The maximum absolute atomic E-state index is 13.5. The minimum absolute atomic E-state index is 0.0237. The minimum Gasteiger partial charge on any atom is -0.354 e. The molecule has 0 fully saturated rings. The molecule has 0 radical (unpaired) electrons. The van der Waals surface area contributed by atoms with Crippen molar-refractivity contribution >= 4 is 34.2 Å². The van der Waals surface area contributed by atoms with Gasteiger partial charge in [-0.05, 0) is 52.8 Å². The molecule has 0 saturated carbocycles. The number of halogens is 1. The molecule has 174 valence electrons. The number of carbonyl (C=O) groups is 2. The van der Waals surface area contributed by atoms with Gasteiger partial charge in [-0.15, -0.1) is 0 Å². The Kier molecular flexibility index (Phi) is 8.90. The first-order valence-electron chi connectivity index (χ1n) is 11.7. The Hall–Kier alpha value is -2.85. The van der Waals surface area contributed by atoms with Gasteiger partial charge in [0.05, 0.1) is 0 Å². The summed E-state index contributed by atoms with van der Waals surface area (Å²) in [4.78, 5) is 28.2. The van der Waals surface area contributed by atoms with Gasteiger partial charge in [-0.25, -0.2) is 0 Å². The van der Waals surface area contributed by atoms with Gasteiger partial charge < -0.3 is 10.2 Å². The molecule has 3 aromatic carbocycles. The van der Waals surface area contributed by atoms with Crippen molar-refractivity contribution in [1.82, 2.24) is 10.2 Å². The highest BCUT2D eigenvalue weighted by Gasteiger charge is 2.28. The second-order valence-electron chi connectivity index (χ2n) is 8.85. The van der Waals surface area contributed by atoms with E-state index in [0.29, 0.717) is 43.3 Å². The molecule has 4 nitrogen and oxygen atoms in total. The van der Waals surface area contributed by atoms with Crippen molar-refractivity contribution in [1.29, 1.82) is 0 Å². The first kappa shape index (κ1) is 24.8. The summed E-state index contributed by atoms with van der Waals surface area (Å²) < 4.78 is 0. The van der Waals surface area contributed by atoms with E-state index in [9.17, 15) is 9.59 Å². The first-order valence-corrected chi connectivity index (χ1v) is 12.0. The number of amides is 2. The monoisotopic (exact) mass is 464 g/mol. The van der Waals surface area contributed by atoms with Gasteiger partial charge >= 0.3 is 0 Å². The van der Waals surface area contributed by atoms with E-state index in [1.165, 1.54) is 10.8 Å². The average molecular weight is 465 g/mol. The van der Waals surface area contributed by atoms with E-state index in [-0.39, 0.29) is 11.8 Å². The molecule has 0 saturated heterocycles. The quantitative estimate of drug-likeness (QED) is 0.399. The highest BCUT2D eigenvalue weighted by Crippen LogP contribution is 2.21. The van der Waals surface area contributed by atoms with Crippen molar-refractivity contribution in [2.24, 2.45) is 5.92 Å². The van der Waals surface area contributed by atoms with Crippen LogP contribution in [0.15, 0.2) is 66.7 Å². The molecule has 0 aliphatic carbocycles. The minimum atomic E-state index is -0.514. The van der Waals surface area contributed by atoms with E-state index >= 15 is 0 Å². The fourth-order valence-corrected chi connectivity index (χ4v) is 4.15. The number of carbonyl (C=O) groups excluding carboxylic acids is 2. The number of nitrogens with zero attached hydrogens (tertiary/aromatic N) is 1. The summed E-state index contributed by atoms with van der Waals surface area (Å²) in [6.07, 6.45) is 1.52. The molecule has 33 heavy (non-hydrogen) atoms. The summed E-state index contributed by atoms with van der Waals surface area (Å²) in [5.41, 5.74) is 2.10. The molecule has 3 rings (SSSR count). The van der Waals surface area contributed by atoms with Crippen LogP contribution in [0.2, 0.25) is 5.02 Å². The molecule has 0 aliphatic heterocycles. The maximum atomic E-state index is 13.5. The molecule has 0 spiro atoms. The van der Waals surface area contributed by atoms with Crippen LogP contribution in [0.4, 0.5) is 0 Å². The van der Waals surface area contributed by atoms with Crippen molar-refractivity contribution in [2.75, 3.05) is 6.54 Å². The largest absolute Gasteiger partial charge is 0.354 e. The number of aryl methyl sites for hydroxylation is 1. The Morgan fingerprint density at radius 1 is 0.970 bits per heavy atom. The number of rotatable bonds is 10. The van der Waals surface area contributed by atoms with Crippen LogP contribution in [0.1, 0.15) is 44.7 Å². The zero-order valence-corrected chi connectivity index (χ0v) is 20.4. The molecular weight excluding hydrogens is 432 g/mol. The lowest BCUT2D eigenvalue weighted by Crippen LogP contribution is -2.49. The number of hydrogen-bond acceptors (Lipinski definition) is 2. The molecule has 5 heteroatoms. The Labute approximate surface area is 201 Å². The van der Waals surface area contributed by atoms with Gasteiger partial charge in [-0.3, -0.25) is 9.59 Å². The van der Waals surface area contributed by atoms with E-state index < -0.39 is 6.04 Å². The Morgan fingerprint density at radius 2 is 1.67 bits per heavy atom. The number of benzene rings is 3. The lowest BCUT2D eigenvalue weighted by molar-refractivity contribution is -0.141. The number of nitrogens with one attached hydrogen (secondary N) is 1. The zero-order chi connectivity index (χ0) is 23.8. The van der Waals surface area contributed by atoms with Crippen molar-refractivity contribution < 1.29 is 9.59 Å². The van der Waals surface area contributed by atoms with Gasteiger partial charge in [0.1, 0.15) is 6.04 Å². The lowest BCUT2D eigenvalue weighted by atomic mass is 10.00. The van der Waals surface area contributed by atoms with E-state index in [0.717, 1.165) is 11.1 Å². The molecule has 1 unspecified atom stereocenters. The van der Waals surface area contributed by atoms with Crippen LogP contribution in [0.25, 0.3) is 10.8 Å². The second kappa shape index (κ2) is 11.9. The maximum Gasteiger partial charge on any atom is 0.242 e. The van der Waals surface area contributed by atoms with Gasteiger partial charge in [0, 0.05) is 24.5 Å². The molecule has 1 atom stereocenters. The van der Waals surface area contributed by atoms with Crippen LogP contribution in [-0.4, -0.2) is 29.3 Å². The summed E-state index contributed by atoms with van der Waals surface area (Å²) in [6.45, 7) is 7.03. The molecule has 0 aliphatic rings. The summed E-state index contributed by atoms with van der Waals surface area (Å²) in [7, 11) is 0. The highest BCUT2D eigenvalue weighted by molar-refractivity contribution is 6.30. The third-order valence-electron chi connectivity index (χ3n) is 5.82. The van der Waals surface area contributed by atoms with E-state index in [2.05, 4.69) is 43.4 Å². The van der Waals surface area contributed by atoms with Crippen molar-refractivity contribution in [3.8, 4) is 0 Å². The van der Waals surface area contributed by atoms with Crippen LogP contribution in [-0.2, 0) is 22.6 Å². The third-order valence-corrected chi connectivity index (χ3v) is 6.08. The van der Waals surface area contributed by atoms with Gasteiger partial charge in [-0.1, -0.05) is 87.0 Å². The van der Waals surface area contributed by atoms with Crippen LogP contribution < -0.4 is 5.32 Å². The predicted octanol–water partition coefficient (Wildman–Crippen LogP) is 6.01. The van der Waals surface area contributed by atoms with Gasteiger partial charge in [0.2, 0.25) is 11.8 Å². The number of hydrogen-bond donors (Lipinski definition) is 1. The first-order chi connectivity index (χ1) is 15.9. The van der Waals surface area contributed by atoms with Crippen molar-refractivity contribution in [3.05, 3.63) is 82.9 Å². The fourth-order valence-electron chi connectivity index (χ4n) is 4.02. The average Bonchev–Trinajstić information content (AvgIpc) is 2.82. The molecule has 2 amide bonds. The van der Waals surface area contributed by atoms with Crippen molar-refractivity contribution in [2.45, 2.75) is 52.6 Å².